The van der Waals surface area contributed by atoms with E-state index < -0.39 is 5.82 Å². The predicted molar refractivity (Wildman–Crippen MR) is 88.1 cm³/mol. The van der Waals surface area contributed by atoms with Crippen molar-refractivity contribution in [1.82, 2.24) is 0 Å². The van der Waals surface area contributed by atoms with Crippen molar-refractivity contribution in [2.75, 3.05) is 11.9 Å². The Hall–Kier alpha value is -1.46. The van der Waals surface area contributed by atoms with Crippen molar-refractivity contribution in [3.63, 3.8) is 0 Å². The molecule has 0 atom stereocenters. The van der Waals surface area contributed by atoms with Gasteiger partial charge in [-0.3, -0.25) is 0 Å². The van der Waals surface area contributed by atoms with Gasteiger partial charge in [-0.25, -0.2) is 4.39 Å². The maximum absolute atomic E-state index is 13.8. The van der Waals surface area contributed by atoms with Crippen molar-refractivity contribution >= 4 is 34.2 Å². The molecule has 20 heavy (non-hydrogen) atoms. The smallest absolute Gasteiger partial charge is 0.135 e. The molecule has 0 aliphatic rings. The van der Waals surface area contributed by atoms with E-state index in [1.165, 1.54) is 10.9 Å². The Bertz CT molecular complexity index is 606. The molecule has 0 spiro atoms. The molecule has 1 aromatic carbocycles. The van der Waals surface area contributed by atoms with Gasteiger partial charge in [0.1, 0.15) is 10.8 Å². The third-order valence-electron chi connectivity index (χ3n) is 3.16. The summed E-state index contributed by atoms with van der Waals surface area (Å²) < 4.78 is 13.8. The number of anilines is 1. The Balaban J connectivity index is 2.08. The molecule has 1 heterocycles. The minimum Gasteiger partial charge on any atom is -0.389 e. The molecule has 0 aliphatic carbocycles. The first-order valence-corrected chi connectivity index (χ1v) is 7.56. The topological polar surface area (TPSA) is 38.0 Å². The summed E-state index contributed by atoms with van der Waals surface area (Å²) in [4.78, 5) is 1.37. The molecule has 2 nitrogen and oxygen atoms in total. The second-order valence-corrected chi connectivity index (χ2v) is 6.66. The molecular formula is C15H17FN2S2. The first kappa shape index (κ1) is 14.9. The van der Waals surface area contributed by atoms with Gasteiger partial charge in [0, 0.05) is 28.1 Å². The summed E-state index contributed by atoms with van der Waals surface area (Å²) in [7, 11) is 0. The third kappa shape index (κ3) is 3.35. The fourth-order valence-corrected chi connectivity index (χ4v) is 2.92. The number of benzene rings is 1. The summed E-state index contributed by atoms with van der Waals surface area (Å²) in [6.45, 7) is 5.04. The number of hydrogen-bond donors (Lipinski definition) is 2. The highest BCUT2D eigenvalue weighted by molar-refractivity contribution is 7.80. The van der Waals surface area contributed by atoms with E-state index in [0.717, 1.165) is 12.2 Å². The summed E-state index contributed by atoms with van der Waals surface area (Å²) in [6, 6.07) is 8.99. The largest absolute Gasteiger partial charge is 0.389 e. The lowest BCUT2D eigenvalue weighted by atomic mass is 9.91. The first-order chi connectivity index (χ1) is 9.40. The van der Waals surface area contributed by atoms with Gasteiger partial charge in [-0.05, 0) is 29.6 Å². The SMILES string of the molecule is CC(C)(CNc1ccc(C(N)=S)c(F)c1)c1cccs1. The van der Waals surface area contributed by atoms with Gasteiger partial charge in [0.05, 0.1) is 0 Å². The average Bonchev–Trinajstić information content (AvgIpc) is 2.90. The standard InChI is InChI=1S/C15H17FN2S2/c1-15(2,13-4-3-7-20-13)9-18-10-5-6-11(14(17)19)12(16)8-10/h3-8,18H,9H2,1-2H3,(H2,17,19). The summed E-state index contributed by atoms with van der Waals surface area (Å²) in [5.41, 5.74) is 6.45. The van der Waals surface area contributed by atoms with Gasteiger partial charge in [0.2, 0.25) is 0 Å². The number of thiocarbonyl (C=S) groups is 1. The molecule has 0 unspecified atom stereocenters. The van der Waals surface area contributed by atoms with Crippen LogP contribution in [0.1, 0.15) is 24.3 Å². The molecule has 0 amide bonds. The highest BCUT2D eigenvalue weighted by Crippen LogP contribution is 2.28. The van der Waals surface area contributed by atoms with Crippen molar-refractivity contribution in [2.45, 2.75) is 19.3 Å². The minimum absolute atomic E-state index is 0.00746. The Morgan fingerprint density at radius 2 is 2.15 bits per heavy atom. The van der Waals surface area contributed by atoms with Crippen LogP contribution in [0.2, 0.25) is 0 Å². The molecule has 2 rings (SSSR count). The third-order valence-corrected chi connectivity index (χ3v) is 4.61. The number of hydrogen-bond acceptors (Lipinski definition) is 3. The van der Waals surface area contributed by atoms with Gasteiger partial charge in [-0.2, -0.15) is 0 Å². The molecule has 0 saturated carbocycles. The number of thiophene rings is 1. The van der Waals surface area contributed by atoms with Crippen molar-refractivity contribution < 1.29 is 4.39 Å². The van der Waals surface area contributed by atoms with E-state index in [1.807, 2.05) is 6.07 Å². The van der Waals surface area contributed by atoms with E-state index in [1.54, 1.807) is 23.5 Å². The number of rotatable bonds is 5. The number of nitrogens with one attached hydrogen (secondary N) is 1. The van der Waals surface area contributed by atoms with E-state index in [4.69, 9.17) is 18.0 Å². The van der Waals surface area contributed by atoms with Gasteiger partial charge < -0.3 is 11.1 Å². The van der Waals surface area contributed by atoms with Crippen molar-refractivity contribution in [3.8, 4) is 0 Å². The molecule has 5 heteroatoms. The quantitative estimate of drug-likeness (QED) is 0.822. The van der Waals surface area contributed by atoms with Crippen LogP contribution in [0.4, 0.5) is 10.1 Å². The van der Waals surface area contributed by atoms with Gasteiger partial charge in [-0.15, -0.1) is 11.3 Å². The Labute approximate surface area is 127 Å². The van der Waals surface area contributed by atoms with Crippen LogP contribution in [0.5, 0.6) is 0 Å². The van der Waals surface area contributed by atoms with Gasteiger partial charge >= 0.3 is 0 Å². The van der Waals surface area contributed by atoms with Crippen LogP contribution >= 0.6 is 23.6 Å². The zero-order chi connectivity index (χ0) is 14.8. The maximum Gasteiger partial charge on any atom is 0.135 e. The van der Waals surface area contributed by atoms with Gasteiger partial charge in [0.25, 0.3) is 0 Å². The van der Waals surface area contributed by atoms with E-state index in [0.29, 0.717) is 0 Å². The molecule has 0 aliphatic heterocycles. The molecule has 2 aromatic rings. The Morgan fingerprint density at radius 1 is 1.40 bits per heavy atom. The molecule has 106 valence electrons. The van der Waals surface area contributed by atoms with Crippen molar-refractivity contribution in [2.24, 2.45) is 5.73 Å². The molecular weight excluding hydrogens is 291 g/mol. The van der Waals surface area contributed by atoms with E-state index in [-0.39, 0.29) is 16.0 Å². The van der Waals surface area contributed by atoms with Crippen LogP contribution in [0.25, 0.3) is 0 Å². The minimum atomic E-state index is -0.392. The predicted octanol–water partition coefficient (Wildman–Crippen LogP) is 3.91. The summed E-state index contributed by atoms with van der Waals surface area (Å²) >= 11 is 6.52. The molecule has 1 aromatic heterocycles. The summed E-state index contributed by atoms with van der Waals surface area (Å²) in [6.07, 6.45) is 0. The fourth-order valence-electron chi connectivity index (χ4n) is 1.90. The van der Waals surface area contributed by atoms with Crippen molar-refractivity contribution in [1.29, 1.82) is 0 Å². The maximum atomic E-state index is 13.8. The molecule has 0 fully saturated rings. The molecule has 0 radical (unpaired) electrons. The van der Waals surface area contributed by atoms with Crippen LogP contribution in [-0.2, 0) is 5.41 Å². The molecule has 3 N–H and O–H groups in total. The number of nitrogens with two attached hydrogens (primary N) is 1. The highest BCUT2D eigenvalue weighted by Gasteiger charge is 2.21. The average molecular weight is 308 g/mol. The first-order valence-electron chi connectivity index (χ1n) is 6.27. The van der Waals surface area contributed by atoms with E-state index in [2.05, 4.69) is 30.6 Å². The Kier molecular flexibility index (Phi) is 4.40. The van der Waals surface area contributed by atoms with Crippen molar-refractivity contribution in [3.05, 3.63) is 52.0 Å². The van der Waals surface area contributed by atoms with Crippen LogP contribution < -0.4 is 11.1 Å². The number of halogens is 1. The monoisotopic (exact) mass is 308 g/mol. The summed E-state index contributed by atoms with van der Waals surface area (Å²) in [5.74, 6) is -0.392. The van der Waals surface area contributed by atoms with Gasteiger partial charge in [0.15, 0.2) is 0 Å². The van der Waals surface area contributed by atoms with E-state index >= 15 is 0 Å². The lowest BCUT2D eigenvalue weighted by molar-refractivity contribution is 0.568. The zero-order valence-corrected chi connectivity index (χ0v) is 13.1. The molecule has 0 bridgehead atoms. The highest BCUT2D eigenvalue weighted by atomic mass is 32.1. The molecule has 0 saturated heterocycles. The Morgan fingerprint density at radius 3 is 2.70 bits per heavy atom. The van der Waals surface area contributed by atoms with Crippen LogP contribution in [0, 0.1) is 5.82 Å². The lowest BCUT2D eigenvalue weighted by Crippen LogP contribution is -2.26. The second kappa shape index (κ2) is 5.89. The second-order valence-electron chi connectivity index (χ2n) is 5.27. The van der Waals surface area contributed by atoms with Crippen LogP contribution in [0.15, 0.2) is 35.7 Å². The van der Waals surface area contributed by atoms with Crippen LogP contribution in [-0.4, -0.2) is 11.5 Å². The van der Waals surface area contributed by atoms with E-state index in [9.17, 15) is 4.39 Å². The normalized spacial score (nSPS) is 11.3. The zero-order valence-electron chi connectivity index (χ0n) is 11.4. The summed E-state index contributed by atoms with van der Waals surface area (Å²) in [5, 5.41) is 5.33. The lowest BCUT2D eigenvalue weighted by Gasteiger charge is -2.24. The fraction of sp³-hybridized carbons (Fsp3) is 0.267. The van der Waals surface area contributed by atoms with Gasteiger partial charge in [-0.1, -0.05) is 32.1 Å². The van der Waals surface area contributed by atoms with Crippen LogP contribution in [0.3, 0.4) is 0 Å².